The van der Waals surface area contributed by atoms with Crippen LogP contribution in [0, 0.1) is 0 Å². The maximum Gasteiger partial charge on any atom is 0.159 e. The quantitative estimate of drug-likeness (QED) is 0.622. The Balaban J connectivity index is 3.18. The molecule has 0 aliphatic rings. The Bertz CT molecular complexity index is 387. The van der Waals surface area contributed by atoms with Gasteiger partial charge in [-0.1, -0.05) is 34.1 Å². The molecule has 0 radical (unpaired) electrons. The molecule has 0 saturated heterocycles. The molecule has 1 aromatic heterocycles. The number of anilines is 1. The van der Waals surface area contributed by atoms with Gasteiger partial charge in [-0.3, -0.25) is 0 Å². The van der Waals surface area contributed by atoms with Crippen LogP contribution in [0.5, 0.6) is 0 Å². The lowest BCUT2D eigenvalue weighted by atomic mass is 9.92. The number of ether oxygens (including phenoxy) is 1. The Morgan fingerprint density at radius 1 is 1.39 bits per heavy atom. The number of nitrogens with one attached hydrogen (secondary N) is 1. The second-order valence-corrected chi connectivity index (χ2v) is 5.40. The van der Waals surface area contributed by atoms with Crippen LogP contribution in [0.3, 0.4) is 0 Å². The van der Waals surface area contributed by atoms with Crippen LogP contribution in [0.2, 0.25) is 0 Å². The van der Waals surface area contributed by atoms with E-state index >= 15 is 0 Å². The van der Waals surface area contributed by atoms with E-state index in [4.69, 9.17) is 10.6 Å². The van der Waals surface area contributed by atoms with E-state index in [2.05, 4.69) is 43.1 Å². The number of methoxy groups -OCH3 is 1. The van der Waals surface area contributed by atoms with Crippen molar-refractivity contribution in [3.05, 3.63) is 17.6 Å². The lowest BCUT2D eigenvalue weighted by Gasteiger charge is -2.21. The summed E-state index contributed by atoms with van der Waals surface area (Å²) in [6.07, 6.45) is 1.84. The molecule has 5 nitrogen and oxygen atoms in total. The van der Waals surface area contributed by atoms with Crippen LogP contribution >= 0.6 is 0 Å². The molecule has 0 aliphatic heterocycles. The highest BCUT2D eigenvalue weighted by Crippen LogP contribution is 2.26. The van der Waals surface area contributed by atoms with Gasteiger partial charge in [0.2, 0.25) is 0 Å². The Kier molecular flexibility index (Phi) is 5.04. The van der Waals surface area contributed by atoms with Crippen molar-refractivity contribution in [3.8, 4) is 0 Å². The van der Waals surface area contributed by atoms with Crippen LogP contribution in [0.4, 0.5) is 5.82 Å². The zero-order valence-corrected chi connectivity index (χ0v) is 11.9. The molecule has 0 saturated carbocycles. The SMILES string of the molecule is CCCC(OC)c1nc(NN)cc(C(C)(C)C)n1. The number of hydrogen-bond donors (Lipinski definition) is 2. The van der Waals surface area contributed by atoms with Crippen molar-refractivity contribution in [3.63, 3.8) is 0 Å². The van der Waals surface area contributed by atoms with Gasteiger partial charge >= 0.3 is 0 Å². The molecular weight excluding hydrogens is 228 g/mol. The average molecular weight is 252 g/mol. The van der Waals surface area contributed by atoms with E-state index in [1.807, 2.05) is 6.07 Å². The molecule has 0 amide bonds. The number of nitrogens with two attached hydrogens (primary N) is 1. The highest BCUT2D eigenvalue weighted by atomic mass is 16.5. The van der Waals surface area contributed by atoms with Crippen molar-refractivity contribution in [1.82, 2.24) is 9.97 Å². The molecule has 102 valence electrons. The van der Waals surface area contributed by atoms with Crippen molar-refractivity contribution in [2.24, 2.45) is 5.84 Å². The molecule has 1 unspecified atom stereocenters. The summed E-state index contributed by atoms with van der Waals surface area (Å²) in [6.45, 7) is 8.45. The molecule has 0 fully saturated rings. The molecule has 1 rings (SSSR count). The molecule has 1 atom stereocenters. The summed E-state index contributed by atoms with van der Waals surface area (Å²) >= 11 is 0. The maximum absolute atomic E-state index is 5.47. The van der Waals surface area contributed by atoms with E-state index in [9.17, 15) is 0 Å². The van der Waals surface area contributed by atoms with Crippen molar-refractivity contribution in [2.75, 3.05) is 12.5 Å². The standard InChI is InChI=1S/C13H24N4O/c1-6-7-9(18-5)12-15-10(13(2,3)4)8-11(16-12)17-14/h8-9H,6-7,14H2,1-5H3,(H,15,16,17). The van der Waals surface area contributed by atoms with Gasteiger partial charge in [0.25, 0.3) is 0 Å². The largest absolute Gasteiger partial charge is 0.373 e. The molecule has 1 heterocycles. The van der Waals surface area contributed by atoms with Crippen LogP contribution in [0.25, 0.3) is 0 Å². The minimum absolute atomic E-state index is 0.0478. The van der Waals surface area contributed by atoms with Gasteiger partial charge in [-0.2, -0.15) is 0 Å². The van der Waals surface area contributed by atoms with E-state index < -0.39 is 0 Å². The van der Waals surface area contributed by atoms with Gasteiger partial charge in [0.1, 0.15) is 11.9 Å². The first kappa shape index (κ1) is 14.9. The first-order chi connectivity index (χ1) is 8.42. The third-order valence-electron chi connectivity index (χ3n) is 2.78. The molecule has 3 N–H and O–H groups in total. The van der Waals surface area contributed by atoms with Gasteiger partial charge in [0.05, 0.1) is 5.69 Å². The molecule has 1 aromatic rings. The first-order valence-electron chi connectivity index (χ1n) is 6.31. The van der Waals surface area contributed by atoms with Crippen LogP contribution < -0.4 is 11.3 Å². The fourth-order valence-corrected chi connectivity index (χ4v) is 1.68. The third-order valence-corrected chi connectivity index (χ3v) is 2.78. The van der Waals surface area contributed by atoms with Crippen molar-refractivity contribution < 1.29 is 4.74 Å². The summed E-state index contributed by atoms with van der Waals surface area (Å²) in [4.78, 5) is 8.99. The van der Waals surface area contributed by atoms with Crippen molar-refractivity contribution >= 4 is 5.82 Å². The number of rotatable bonds is 5. The molecule has 0 aliphatic carbocycles. The fraction of sp³-hybridized carbons (Fsp3) is 0.692. The van der Waals surface area contributed by atoms with Crippen molar-refractivity contribution in [2.45, 2.75) is 52.1 Å². The van der Waals surface area contributed by atoms with Crippen LogP contribution in [0.1, 0.15) is 58.2 Å². The summed E-state index contributed by atoms with van der Waals surface area (Å²) in [5.41, 5.74) is 3.50. The number of aromatic nitrogens is 2. The van der Waals surface area contributed by atoms with E-state index in [-0.39, 0.29) is 11.5 Å². The van der Waals surface area contributed by atoms with Crippen LogP contribution in [0.15, 0.2) is 6.07 Å². The topological polar surface area (TPSA) is 73.1 Å². The van der Waals surface area contributed by atoms with Crippen LogP contribution in [-0.4, -0.2) is 17.1 Å². The summed E-state index contributed by atoms with van der Waals surface area (Å²) < 4.78 is 5.45. The number of nitrogens with zero attached hydrogens (tertiary/aromatic N) is 2. The number of hydrogen-bond acceptors (Lipinski definition) is 5. The minimum Gasteiger partial charge on any atom is -0.373 e. The summed E-state index contributed by atoms with van der Waals surface area (Å²) in [5.74, 6) is 6.79. The second kappa shape index (κ2) is 6.11. The highest BCUT2D eigenvalue weighted by Gasteiger charge is 2.21. The van der Waals surface area contributed by atoms with E-state index in [0.29, 0.717) is 11.6 Å². The lowest BCUT2D eigenvalue weighted by molar-refractivity contribution is 0.0873. The highest BCUT2D eigenvalue weighted by molar-refractivity contribution is 5.36. The van der Waals surface area contributed by atoms with E-state index in [1.165, 1.54) is 0 Å². The predicted octanol–water partition coefficient (Wildman–Crippen LogP) is 2.55. The normalized spacial score (nSPS) is 13.4. The Hall–Kier alpha value is -1.20. The zero-order valence-electron chi connectivity index (χ0n) is 11.9. The fourth-order valence-electron chi connectivity index (χ4n) is 1.68. The van der Waals surface area contributed by atoms with Crippen molar-refractivity contribution in [1.29, 1.82) is 0 Å². The number of hydrazine groups is 1. The second-order valence-electron chi connectivity index (χ2n) is 5.40. The number of nitrogen functional groups attached to an aromatic ring is 1. The zero-order chi connectivity index (χ0) is 13.8. The summed E-state index contributed by atoms with van der Waals surface area (Å²) in [7, 11) is 1.68. The molecule has 18 heavy (non-hydrogen) atoms. The van der Waals surface area contributed by atoms with Gasteiger partial charge < -0.3 is 10.2 Å². The van der Waals surface area contributed by atoms with E-state index in [1.54, 1.807) is 7.11 Å². The molecule has 0 aromatic carbocycles. The predicted molar refractivity (Wildman–Crippen MR) is 73.2 cm³/mol. The van der Waals surface area contributed by atoms with Gasteiger partial charge in [-0.25, -0.2) is 15.8 Å². The smallest absolute Gasteiger partial charge is 0.159 e. The molecule has 5 heteroatoms. The van der Waals surface area contributed by atoms with Gasteiger partial charge in [-0.05, 0) is 6.42 Å². The Labute approximate surface area is 109 Å². The lowest BCUT2D eigenvalue weighted by Crippen LogP contribution is -2.20. The van der Waals surface area contributed by atoms with Gasteiger partial charge in [0.15, 0.2) is 5.82 Å². The Morgan fingerprint density at radius 3 is 2.50 bits per heavy atom. The maximum atomic E-state index is 5.47. The average Bonchev–Trinajstić information content (AvgIpc) is 2.34. The van der Waals surface area contributed by atoms with Gasteiger partial charge in [-0.15, -0.1) is 0 Å². The molecule has 0 spiro atoms. The Morgan fingerprint density at radius 2 is 2.06 bits per heavy atom. The minimum atomic E-state index is -0.0793. The van der Waals surface area contributed by atoms with Gasteiger partial charge in [0, 0.05) is 18.6 Å². The summed E-state index contributed by atoms with van der Waals surface area (Å²) in [6, 6.07) is 1.88. The first-order valence-corrected chi connectivity index (χ1v) is 6.31. The third kappa shape index (κ3) is 3.65. The van der Waals surface area contributed by atoms with Crippen LogP contribution in [-0.2, 0) is 10.2 Å². The molecule has 0 bridgehead atoms. The summed E-state index contributed by atoms with van der Waals surface area (Å²) in [5, 5.41) is 0. The molecular formula is C13H24N4O. The van der Waals surface area contributed by atoms with E-state index in [0.717, 1.165) is 18.5 Å². The monoisotopic (exact) mass is 252 g/mol.